The van der Waals surface area contributed by atoms with Crippen molar-refractivity contribution in [2.45, 2.75) is 32.2 Å². The Morgan fingerprint density at radius 2 is 1.95 bits per heavy atom. The molecule has 1 aliphatic heterocycles. The van der Waals surface area contributed by atoms with Gasteiger partial charge >= 0.3 is 0 Å². The lowest BCUT2D eigenvalue weighted by Gasteiger charge is -2.31. The summed E-state index contributed by atoms with van der Waals surface area (Å²) in [5.74, 6) is 1.05. The summed E-state index contributed by atoms with van der Waals surface area (Å²) in [5.41, 5.74) is 1.04. The van der Waals surface area contributed by atoms with E-state index < -0.39 is 0 Å². The second-order valence-corrected chi connectivity index (χ2v) is 5.24. The van der Waals surface area contributed by atoms with Gasteiger partial charge < -0.3 is 15.0 Å². The molecule has 1 fully saturated rings. The Morgan fingerprint density at radius 3 is 2.55 bits per heavy atom. The van der Waals surface area contributed by atoms with Gasteiger partial charge in [-0.1, -0.05) is 12.1 Å². The molecule has 4 nitrogen and oxygen atoms in total. The number of rotatable bonds is 5. The highest BCUT2D eigenvalue weighted by atomic mass is 16.5. The number of piperidine rings is 1. The molecule has 2 rings (SSSR count). The first-order chi connectivity index (χ1) is 9.70. The molecule has 110 valence electrons. The van der Waals surface area contributed by atoms with Gasteiger partial charge in [-0.2, -0.15) is 0 Å². The molecule has 1 aromatic rings. The average Bonchev–Trinajstić information content (AvgIpc) is 2.49. The molecule has 4 heteroatoms. The first-order valence-electron chi connectivity index (χ1n) is 7.39. The molecule has 1 saturated heterocycles. The van der Waals surface area contributed by atoms with Crippen molar-refractivity contribution in [1.29, 1.82) is 0 Å². The molecule has 0 aromatic heterocycles. The molecule has 20 heavy (non-hydrogen) atoms. The fourth-order valence-electron chi connectivity index (χ4n) is 2.57. The van der Waals surface area contributed by atoms with Crippen LogP contribution in [0.25, 0.3) is 0 Å². The first kappa shape index (κ1) is 14.9. The number of nitrogens with one attached hydrogen (secondary N) is 1. The van der Waals surface area contributed by atoms with Gasteiger partial charge in [0.15, 0.2) is 0 Å². The van der Waals surface area contributed by atoms with E-state index in [1.54, 1.807) is 0 Å². The molecular weight excluding hydrogens is 252 g/mol. The van der Waals surface area contributed by atoms with Crippen LogP contribution in [0.5, 0.6) is 5.75 Å². The van der Waals surface area contributed by atoms with Crippen molar-refractivity contribution in [3.8, 4) is 5.75 Å². The van der Waals surface area contributed by atoms with Gasteiger partial charge in [0, 0.05) is 13.1 Å². The van der Waals surface area contributed by atoms with Crippen LogP contribution in [0.1, 0.15) is 25.3 Å². The van der Waals surface area contributed by atoms with Crippen molar-refractivity contribution in [3.63, 3.8) is 0 Å². The number of amides is 1. The summed E-state index contributed by atoms with van der Waals surface area (Å²) in [6, 6.07) is 8.18. The third-order valence-corrected chi connectivity index (χ3v) is 3.84. The Hall–Kier alpha value is -1.55. The van der Waals surface area contributed by atoms with Crippen molar-refractivity contribution in [2.24, 2.45) is 0 Å². The normalized spacial score (nSPS) is 15.9. The maximum atomic E-state index is 12.3. The Morgan fingerprint density at radius 1 is 1.30 bits per heavy atom. The summed E-state index contributed by atoms with van der Waals surface area (Å²) < 4.78 is 5.41. The lowest BCUT2D eigenvalue weighted by molar-refractivity contribution is -0.131. The molecule has 1 amide bonds. The summed E-state index contributed by atoms with van der Waals surface area (Å²) in [5, 5.41) is 3.32. The van der Waals surface area contributed by atoms with E-state index in [1.807, 2.05) is 43.1 Å². The second-order valence-electron chi connectivity index (χ2n) is 5.24. The third-order valence-electron chi connectivity index (χ3n) is 3.84. The van der Waals surface area contributed by atoms with Gasteiger partial charge in [-0.15, -0.1) is 0 Å². The van der Waals surface area contributed by atoms with Crippen molar-refractivity contribution in [2.75, 3.05) is 26.7 Å². The van der Waals surface area contributed by atoms with Gasteiger partial charge in [0.2, 0.25) is 5.91 Å². The van der Waals surface area contributed by atoms with Crippen molar-refractivity contribution >= 4 is 5.91 Å². The van der Waals surface area contributed by atoms with Crippen LogP contribution in [-0.4, -0.2) is 43.6 Å². The summed E-state index contributed by atoms with van der Waals surface area (Å²) in [7, 11) is 1.92. The number of nitrogens with zero attached hydrogens (tertiary/aromatic N) is 1. The minimum atomic E-state index is 0.195. The zero-order valence-electron chi connectivity index (χ0n) is 12.4. The van der Waals surface area contributed by atoms with Gasteiger partial charge in [0.1, 0.15) is 5.75 Å². The predicted molar refractivity (Wildman–Crippen MR) is 80.0 cm³/mol. The van der Waals surface area contributed by atoms with Gasteiger partial charge in [-0.25, -0.2) is 0 Å². The first-order valence-corrected chi connectivity index (χ1v) is 7.39. The van der Waals surface area contributed by atoms with Gasteiger partial charge in [-0.3, -0.25) is 4.79 Å². The Bertz CT molecular complexity index is 425. The van der Waals surface area contributed by atoms with E-state index in [1.165, 1.54) is 0 Å². The number of ether oxygens (including phenoxy) is 1. The molecule has 0 unspecified atom stereocenters. The highest BCUT2D eigenvalue weighted by Crippen LogP contribution is 2.15. The number of likely N-dealkylation sites (N-methyl/N-ethyl adjacent to an activating group) is 1. The van der Waals surface area contributed by atoms with E-state index in [0.717, 1.165) is 37.2 Å². The monoisotopic (exact) mass is 276 g/mol. The molecule has 0 spiro atoms. The number of benzene rings is 1. The van der Waals surface area contributed by atoms with Crippen molar-refractivity contribution < 1.29 is 9.53 Å². The molecule has 1 N–H and O–H groups in total. The molecule has 0 bridgehead atoms. The Labute approximate surface area is 121 Å². The zero-order chi connectivity index (χ0) is 14.4. The van der Waals surface area contributed by atoms with Gasteiger partial charge in [0.25, 0.3) is 0 Å². The molecule has 0 atom stereocenters. The molecule has 1 aromatic carbocycles. The molecule has 1 heterocycles. The van der Waals surface area contributed by atoms with Crippen LogP contribution in [-0.2, 0) is 11.2 Å². The van der Waals surface area contributed by atoms with Crippen molar-refractivity contribution in [1.82, 2.24) is 10.2 Å². The standard InChI is InChI=1S/C16H24N2O2/c1-3-20-15-6-4-13(5-7-15)12-16(19)18(2)14-8-10-17-11-9-14/h4-7,14,17H,3,8-12H2,1-2H3. The van der Waals surface area contributed by atoms with E-state index in [2.05, 4.69) is 5.32 Å². The number of hydrogen-bond acceptors (Lipinski definition) is 3. The quantitative estimate of drug-likeness (QED) is 0.892. The number of carbonyl (C=O) groups is 1. The average molecular weight is 276 g/mol. The SMILES string of the molecule is CCOc1ccc(CC(=O)N(C)C2CCNCC2)cc1. The molecular formula is C16H24N2O2. The third kappa shape index (κ3) is 3.97. The lowest BCUT2D eigenvalue weighted by Crippen LogP contribution is -2.44. The van der Waals surface area contributed by atoms with Gasteiger partial charge in [0.05, 0.1) is 13.0 Å². The summed E-state index contributed by atoms with van der Waals surface area (Å²) in [6.45, 7) is 4.64. The fourth-order valence-corrected chi connectivity index (χ4v) is 2.57. The van der Waals surface area contributed by atoms with E-state index in [0.29, 0.717) is 19.1 Å². The van der Waals surface area contributed by atoms with Crippen molar-refractivity contribution in [3.05, 3.63) is 29.8 Å². The molecule has 0 aliphatic carbocycles. The number of hydrogen-bond donors (Lipinski definition) is 1. The van der Waals surface area contributed by atoms with Crippen LogP contribution < -0.4 is 10.1 Å². The largest absolute Gasteiger partial charge is 0.494 e. The zero-order valence-corrected chi connectivity index (χ0v) is 12.4. The van der Waals surface area contributed by atoms with Crippen LogP contribution in [0.4, 0.5) is 0 Å². The topological polar surface area (TPSA) is 41.6 Å². The smallest absolute Gasteiger partial charge is 0.226 e. The lowest BCUT2D eigenvalue weighted by atomic mass is 10.0. The van der Waals surface area contributed by atoms with E-state index in [4.69, 9.17) is 4.74 Å². The van der Waals surface area contributed by atoms with Crippen LogP contribution in [0.15, 0.2) is 24.3 Å². The van der Waals surface area contributed by atoms with E-state index in [9.17, 15) is 4.79 Å². The molecule has 0 radical (unpaired) electrons. The second kappa shape index (κ2) is 7.29. The maximum absolute atomic E-state index is 12.3. The molecule has 1 aliphatic rings. The van der Waals surface area contributed by atoms with Crippen LogP contribution >= 0.6 is 0 Å². The van der Waals surface area contributed by atoms with Crippen LogP contribution in [0, 0.1) is 0 Å². The number of carbonyl (C=O) groups excluding carboxylic acids is 1. The minimum absolute atomic E-state index is 0.195. The maximum Gasteiger partial charge on any atom is 0.226 e. The highest BCUT2D eigenvalue weighted by Gasteiger charge is 2.21. The van der Waals surface area contributed by atoms with Gasteiger partial charge in [-0.05, 0) is 50.6 Å². The summed E-state index contributed by atoms with van der Waals surface area (Å²) >= 11 is 0. The highest BCUT2D eigenvalue weighted by molar-refractivity contribution is 5.78. The minimum Gasteiger partial charge on any atom is -0.494 e. The Kier molecular flexibility index (Phi) is 5.41. The molecule has 0 saturated carbocycles. The summed E-state index contributed by atoms with van der Waals surface area (Å²) in [6.07, 6.45) is 2.56. The predicted octanol–water partition coefficient (Wildman–Crippen LogP) is 1.84. The van der Waals surface area contributed by atoms with Crippen LogP contribution in [0.3, 0.4) is 0 Å². The van der Waals surface area contributed by atoms with E-state index in [-0.39, 0.29) is 5.91 Å². The fraction of sp³-hybridized carbons (Fsp3) is 0.562. The summed E-state index contributed by atoms with van der Waals surface area (Å²) in [4.78, 5) is 14.2. The van der Waals surface area contributed by atoms with E-state index >= 15 is 0 Å². The van der Waals surface area contributed by atoms with Crippen LogP contribution in [0.2, 0.25) is 0 Å². The Balaban J connectivity index is 1.89.